The first-order valence-electron chi connectivity index (χ1n) is 9.75. The standard InChI is InChI=1S/C22H20FIN2O4/c23-18-6-2-1-5-17(18)21(28)25(13-16-4-3-11-30-16)19-12-20(27)26(22(19)29)15-9-7-14(24)8-10-15/h1-2,5-10,16,19H,3-4,11-13H2. The summed E-state index contributed by atoms with van der Waals surface area (Å²) in [4.78, 5) is 41.6. The lowest BCUT2D eigenvalue weighted by atomic mass is 10.1. The molecule has 3 amide bonds. The maximum Gasteiger partial charge on any atom is 0.257 e. The van der Waals surface area contributed by atoms with Gasteiger partial charge in [-0.05, 0) is 71.8 Å². The van der Waals surface area contributed by atoms with E-state index in [1.54, 1.807) is 30.3 Å². The first kappa shape index (κ1) is 20.9. The fourth-order valence-electron chi connectivity index (χ4n) is 3.87. The normalized spacial score (nSPS) is 21.3. The van der Waals surface area contributed by atoms with Gasteiger partial charge in [0, 0.05) is 16.7 Å². The Morgan fingerprint density at radius 1 is 1.17 bits per heavy atom. The van der Waals surface area contributed by atoms with Crippen molar-refractivity contribution in [1.82, 2.24) is 4.90 Å². The Kier molecular flexibility index (Phi) is 6.14. The zero-order valence-corrected chi connectivity index (χ0v) is 18.2. The smallest absolute Gasteiger partial charge is 0.257 e. The summed E-state index contributed by atoms with van der Waals surface area (Å²) < 4.78 is 20.9. The van der Waals surface area contributed by atoms with Gasteiger partial charge < -0.3 is 9.64 Å². The van der Waals surface area contributed by atoms with Crippen LogP contribution in [0.3, 0.4) is 0 Å². The van der Waals surface area contributed by atoms with Crippen LogP contribution in [0.5, 0.6) is 0 Å². The van der Waals surface area contributed by atoms with Crippen molar-refractivity contribution in [1.29, 1.82) is 0 Å². The Bertz CT molecular complexity index is 975. The molecule has 2 unspecified atom stereocenters. The lowest BCUT2D eigenvalue weighted by Gasteiger charge is -2.30. The number of hydrogen-bond donors (Lipinski definition) is 0. The second-order valence-electron chi connectivity index (χ2n) is 7.34. The summed E-state index contributed by atoms with van der Waals surface area (Å²) in [6, 6.07) is 11.7. The molecule has 2 saturated heterocycles. The zero-order valence-electron chi connectivity index (χ0n) is 16.1. The summed E-state index contributed by atoms with van der Waals surface area (Å²) >= 11 is 2.14. The van der Waals surface area contributed by atoms with Gasteiger partial charge in [0.05, 0.1) is 23.8 Å². The summed E-state index contributed by atoms with van der Waals surface area (Å²) in [5, 5.41) is 0. The van der Waals surface area contributed by atoms with Crippen LogP contribution in [0.15, 0.2) is 48.5 Å². The Balaban J connectivity index is 1.65. The minimum Gasteiger partial charge on any atom is -0.376 e. The Labute approximate surface area is 187 Å². The highest BCUT2D eigenvalue weighted by molar-refractivity contribution is 14.1. The number of ether oxygens (including phenoxy) is 1. The summed E-state index contributed by atoms with van der Waals surface area (Å²) in [5.74, 6) is -2.14. The molecule has 4 rings (SSSR count). The second kappa shape index (κ2) is 8.81. The van der Waals surface area contributed by atoms with E-state index in [0.29, 0.717) is 12.3 Å². The minimum atomic E-state index is -0.993. The van der Waals surface area contributed by atoms with Gasteiger partial charge in [-0.15, -0.1) is 0 Å². The number of imide groups is 1. The van der Waals surface area contributed by atoms with Crippen LogP contribution in [-0.4, -0.2) is 47.9 Å². The molecule has 156 valence electrons. The molecule has 0 saturated carbocycles. The van der Waals surface area contributed by atoms with E-state index in [4.69, 9.17) is 4.74 Å². The van der Waals surface area contributed by atoms with Gasteiger partial charge >= 0.3 is 0 Å². The highest BCUT2D eigenvalue weighted by Gasteiger charge is 2.45. The first-order valence-corrected chi connectivity index (χ1v) is 10.8. The number of carbonyl (C=O) groups is 3. The number of carbonyl (C=O) groups excluding carboxylic acids is 3. The molecular formula is C22H20FIN2O4. The van der Waals surface area contributed by atoms with Crippen LogP contribution in [-0.2, 0) is 14.3 Å². The molecule has 2 heterocycles. The summed E-state index contributed by atoms with van der Waals surface area (Å²) in [6.07, 6.45) is 1.23. The van der Waals surface area contributed by atoms with Crippen molar-refractivity contribution in [2.75, 3.05) is 18.1 Å². The van der Waals surface area contributed by atoms with Crippen LogP contribution in [0.2, 0.25) is 0 Å². The lowest BCUT2D eigenvalue weighted by Crippen LogP contribution is -2.48. The molecule has 30 heavy (non-hydrogen) atoms. The number of benzene rings is 2. The van der Waals surface area contributed by atoms with Crippen LogP contribution < -0.4 is 4.90 Å². The maximum atomic E-state index is 14.3. The number of nitrogens with zero attached hydrogens (tertiary/aromatic N) is 2. The Hall–Kier alpha value is -2.33. The van der Waals surface area contributed by atoms with Crippen LogP contribution in [0.1, 0.15) is 29.6 Å². The average Bonchev–Trinajstić information content (AvgIpc) is 3.35. The molecule has 0 radical (unpaired) electrons. The van der Waals surface area contributed by atoms with Crippen LogP contribution >= 0.6 is 22.6 Å². The molecule has 0 spiro atoms. The van der Waals surface area contributed by atoms with Crippen LogP contribution in [0.4, 0.5) is 10.1 Å². The number of halogens is 2. The van der Waals surface area contributed by atoms with E-state index in [2.05, 4.69) is 22.6 Å². The van der Waals surface area contributed by atoms with Crippen molar-refractivity contribution in [3.63, 3.8) is 0 Å². The number of rotatable bonds is 5. The number of amides is 3. The molecule has 0 N–H and O–H groups in total. The van der Waals surface area contributed by atoms with E-state index >= 15 is 0 Å². The van der Waals surface area contributed by atoms with Gasteiger partial charge in [0.25, 0.3) is 11.8 Å². The van der Waals surface area contributed by atoms with Crippen LogP contribution in [0.25, 0.3) is 0 Å². The van der Waals surface area contributed by atoms with Crippen LogP contribution in [0, 0.1) is 9.39 Å². The molecule has 2 aromatic carbocycles. The van der Waals surface area contributed by atoms with Gasteiger partial charge in [-0.1, -0.05) is 12.1 Å². The molecular weight excluding hydrogens is 502 g/mol. The van der Waals surface area contributed by atoms with Gasteiger partial charge in [-0.25, -0.2) is 9.29 Å². The third-order valence-corrected chi connectivity index (χ3v) is 6.09. The Morgan fingerprint density at radius 3 is 2.57 bits per heavy atom. The predicted molar refractivity (Wildman–Crippen MR) is 116 cm³/mol. The van der Waals surface area contributed by atoms with Gasteiger partial charge in [-0.2, -0.15) is 0 Å². The predicted octanol–water partition coefficient (Wildman–Crippen LogP) is 3.38. The van der Waals surface area contributed by atoms with Crippen molar-refractivity contribution in [2.45, 2.75) is 31.4 Å². The highest BCUT2D eigenvalue weighted by atomic mass is 127. The molecule has 2 atom stereocenters. The van der Waals surface area contributed by atoms with Crippen molar-refractivity contribution in [3.05, 3.63) is 63.5 Å². The van der Waals surface area contributed by atoms with Crippen molar-refractivity contribution >= 4 is 46.0 Å². The molecule has 0 aromatic heterocycles. The van der Waals surface area contributed by atoms with E-state index in [1.165, 1.54) is 23.1 Å². The largest absolute Gasteiger partial charge is 0.376 e. The fraction of sp³-hybridized carbons (Fsp3) is 0.318. The maximum absolute atomic E-state index is 14.3. The minimum absolute atomic E-state index is 0.122. The first-order chi connectivity index (χ1) is 14.5. The lowest BCUT2D eigenvalue weighted by molar-refractivity contribution is -0.122. The molecule has 2 aliphatic rings. The van der Waals surface area contributed by atoms with Crippen molar-refractivity contribution in [3.8, 4) is 0 Å². The topological polar surface area (TPSA) is 66.9 Å². The number of hydrogen-bond acceptors (Lipinski definition) is 4. The molecule has 2 aliphatic heterocycles. The molecule has 8 heteroatoms. The molecule has 6 nitrogen and oxygen atoms in total. The van der Waals surface area contributed by atoms with E-state index in [1.807, 2.05) is 0 Å². The highest BCUT2D eigenvalue weighted by Crippen LogP contribution is 2.28. The van der Waals surface area contributed by atoms with E-state index in [-0.39, 0.29) is 30.5 Å². The molecule has 2 aromatic rings. The summed E-state index contributed by atoms with van der Waals surface area (Å²) in [5.41, 5.74) is 0.340. The van der Waals surface area contributed by atoms with Crippen molar-refractivity contribution < 1.29 is 23.5 Å². The van der Waals surface area contributed by atoms with Gasteiger partial charge in [-0.3, -0.25) is 14.4 Å². The monoisotopic (exact) mass is 522 g/mol. The van der Waals surface area contributed by atoms with Gasteiger partial charge in [0.1, 0.15) is 11.9 Å². The van der Waals surface area contributed by atoms with E-state index < -0.39 is 23.7 Å². The summed E-state index contributed by atoms with van der Waals surface area (Å²) in [7, 11) is 0. The van der Waals surface area contributed by atoms with E-state index in [9.17, 15) is 18.8 Å². The quantitative estimate of drug-likeness (QED) is 0.446. The number of anilines is 1. The Morgan fingerprint density at radius 2 is 1.90 bits per heavy atom. The molecule has 2 fully saturated rings. The average molecular weight is 522 g/mol. The molecule has 0 aliphatic carbocycles. The molecule has 0 bridgehead atoms. The van der Waals surface area contributed by atoms with E-state index in [0.717, 1.165) is 21.3 Å². The SMILES string of the molecule is O=C1CC(N(CC2CCCO2)C(=O)c2ccccc2F)C(=O)N1c1ccc(I)cc1. The van der Waals surface area contributed by atoms with Gasteiger partial charge in [0.2, 0.25) is 5.91 Å². The third-order valence-electron chi connectivity index (χ3n) is 5.37. The van der Waals surface area contributed by atoms with Crippen molar-refractivity contribution in [2.24, 2.45) is 0 Å². The second-order valence-corrected chi connectivity index (χ2v) is 8.58. The fourth-order valence-corrected chi connectivity index (χ4v) is 4.23. The summed E-state index contributed by atoms with van der Waals surface area (Å²) in [6.45, 7) is 0.718. The third kappa shape index (κ3) is 4.11. The van der Waals surface area contributed by atoms with Gasteiger partial charge in [0.15, 0.2) is 0 Å². The zero-order chi connectivity index (χ0) is 21.3.